The van der Waals surface area contributed by atoms with Crippen LogP contribution in [0.25, 0.3) is 22.8 Å². The van der Waals surface area contributed by atoms with Crippen LogP contribution in [-0.2, 0) is 0 Å². The summed E-state index contributed by atoms with van der Waals surface area (Å²) in [4.78, 5) is 17.2. The van der Waals surface area contributed by atoms with Gasteiger partial charge in [0.1, 0.15) is 0 Å². The average molecular weight is 379 g/mol. The summed E-state index contributed by atoms with van der Waals surface area (Å²) < 4.78 is 5.94. The van der Waals surface area contributed by atoms with Gasteiger partial charge in [0.25, 0.3) is 5.91 Å². The third-order valence-corrected chi connectivity index (χ3v) is 4.49. The van der Waals surface area contributed by atoms with Gasteiger partial charge < -0.3 is 9.73 Å². The summed E-state index contributed by atoms with van der Waals surface area (Å²) in [5.41, 5.74) is 4.15. The number of oxazole rings is 1. The Hall–Kier alpha value is -4.17. The zero-order chi connectivity index (χ0) is 20.2. The van der Waals surface area contributed by atoms with Crippen molar-refractivity contribution >= 4 is 11.6 Å². The number of nitriles is 1. The lowest BCUT2D eigenvalue weighted by Crippen LogP contribution is -2.13. The van der Waals surface area contributed by atoms with Gasteiger partial charge in [0.2, 0.25) is 5.89 Å². The highest BCUT2D eigenvalue weighted by Crippen LogP contribution is 2.29. The van der Waals surface area contributed by atoms with Crippen LogP contribution in [0.5, 0.6) is 0 Å². The number of carbonyl (C=O) groups is 1. The molecule has 0 aliphatic rings. The number of nitrogens with zero attached hydrogens (tertiary/aromatic N) is 2. The Morgan fingerprint density at radius 1 is 1.03 bits per heavy atom. The van der Waals surface area contributed by atoms with Crippen LogP contribution in [0.1, 0.15) is 21.5 Å². The van der Waals surface area contributed by atoms with Crippen LogP contribution >= 0.6 is 0 Å². The Morgan fingerprint density at radius 3 is 2.62 bits per heavy atom. The third-order valence-electron chi connectivity index (χ3n) is 4.49. The van der Waals surface area contributed by atoms with Crippen LogP contribution in [0.2, 0.25) is 0 Å². The molecule has 0 fully saturated rings. The fourth-order valence-electron chi connectivity index (χ4n) is 2.98. The minimum Gasteiger partial charge on any atom is -0.436 e. The second kappa shape index (κ2) is 7.83. The highest BCUT2D eigenvalue weighted by Gasteiger charge is 2.17. The Bertz CT molecular complexity index is 1220. The van der Waals surface area contributed by atoms with Crippen LogP contribution in [0.4, 0.5) is 5.69 Å². The number of benzene rings is 3. The molecule has 5 nitrogen and oxygen atoms in total. The van der Waals surface area contributed by atoms with Gasteiger partial charge >= 0.3 is 0 Å². The maximum absolute atomic E-state index is 12.9. The molecule has 4 aromatic rings. The first-order valence-corrected chi connectivity index (χ1v) is 9.08. The SMILES string of the molecule is Cc1ccc(-c2cnc(-c3ccccc3C(=O)Nc3cccc(C#N)c3)o2)cc1. The molecule has 1 heterocycles. The van der Waals surface area contributed by atoms with Gasteiger partial charge in [-0.15, -0.1) is 0 Å². The zero-order valence-electron chi connectivity index (χ0n) is 15.7. The van der Waals surface area contributed by atoms with Crippen molar-refractivity contribution in [2.24, 2.45) is 0 Å². The second-order valence-corrected chi connectivity index (χ2v) is 6.59. The molecule has 0 radical (unpaired) electrons. The fourth-order valence-corrected chi connectivity index (χ4v) is 2.98. The van der Waals surface area contributed by atoms with Gasteiger partial charge in [-0.1, -0.05) is 48.0 Å². The number of amides is 1. The number of hydrogen-bond donors (Lipinski definition) is 1. The number of rotatable bonds is 4. The van der Waals surface area contributed by atoms with Crippen molar-refractivity contribution in [2.75, 3.05) is 5.32 Å². The minimum atomic E-state index is -0.300. The maximum Gasteiger partial charge on any atom is 0.256 e. The summed E-state index contributed by atoms with van der Waals surface area (Å²) in [5, 5.41) is 11.9. The normalized spacial score (nSPS) is 10.3. The van der Waals surface area contributed by atoms with E-state index in [4.69, 9.17) is 9.68 Å². The van der Waals surface area contributed by atoms with Gasteiger partial charge in [0.05, 0.1) is 23.4 Å². The molecular weight excluding hydrogens is 362 g/mol. The highest BCUT2D eigenvalue weighted by molar-refractivity contribution is 6.08. The van der Waals surface area contributed by atoms with E-state index < -0.39 is 0 Å². The second-order valence-electron chi connectivity index (χ2n) is 6.59. The highest BCUT2D eigenvalue weighted by atomic mass is 16.4. The van der Waals surface area contributed by atoms with Crippen LogP contribution in [0.15, 0.2) is 83.4 Å². The molecule has 0 aliphatic carbocycles. The van der Waals surface area contributed by atoms with Gasteiger partial charge in [-0.25, -0.2) is 4.98 Å². The van der Waals surface area contributed by atoms with E-state index in [-0.39, 0.29) is 5.91 Å². The van der Waals surface area contributed by atoms with E-state index in [2.05, 4.69) is 16.4 Å². The molecule has 1 amide bonds. The van der Waals surface area contributed by atoms with Gasteiger partial charge in [0, 0.05) is 16.8 Å². The Morgan fingerprint density at radius 2 is 1.83 bits per heavy atom. The number of aryl methyl sites for hydroxylation is 1. The molecule has 0 bridgehead atoms. The Labute approximate surface area is 168 Å². The van der Waals surface area contributed by atoms with Crippen molar-refractivity contribution in [3.63, 3.8) is 0 Å². The van der Waals surface area contributed by atoms with Crippen molar-refractivity contribution in [1.29, 1.82) is 5.26 Å². The lowest BCUT2D eigenvalue weighted by molar-refractivity contribution is 0.102. The molecule has 4 rings (SSSR count). The minimum absolute atomic E-state index is 0.300. The largest absolute Gasteiger partial charge is 0.436 e. The van der Waals surface area contributed by atoms with Crippen molar-refractivity contribution in [2.45, 2.75) is 6.92 Å². The van der Waals surface area contributed by atoms with E-state index >= 15 is 0 Å². The number of aromatic nitrogens is 1. The lowest BCUT2D eigenvalue weighted by atomic mass is 10.1. The van der Waals surface area contributed by atoms with Crippen LogP contribution < -0.4 is 5.32 Å². The van der Waals surface area contributed by atoms with E-state index in [9.17, 15) is 4.79 Å². The first-order valence-electron chi connectivity index (χ1n) is 9.08. The Kier molecular flexibility index (Phi) is 4.91. The summed E-state index contributed by atoms with van der Waals surface area (Å²) >= 11 is 0. The molecule has 0 saturated heterocycles. The van der Waals surface area contributed by atoms with Crippen molar-refractivity contribution in [3.05, 3.63) is 95.7 Å². The lowest BCUT2D eigenvalue weighted by Gasteiger charge is -2.08. The van der Waals surface area contributed by atoms with E-state index in [1.165, 1.54) is 0 Å². The van der Waals surface area contributed by atoms with Gasteiger partial charge in [-0.2, -0.15) is 5.26 Å². The fraction of sp³-hybridized carbons (Fsp3) is 0.0417. The first-order chi connectivity index (χ1) is 14.1. The van der Waals surface area contributed by atoms with Crippen molar-refractivity contribution < 1.29 is 9.21 Å². The van der Waals surface area contributed by atoms with Crippen LogP contribution in [-0.4, -0.2) is 10.9 Å². The van der Waals surface area contributed by atoms with Gasteiger partial charge in [-0.3, -0.25) is 4.79 Å². The van der Waals surface area contributed by atoms with Gasteiger partial charge in [-0.05, 0) is 37.3 Å². The third kappa shape index (κ3) is 3.92. The number of anilines is 1. The molecule has 0 saturated carbocycles. The molecule has 3 aromatic carbocycles. The quantitative estimate of drug-likeness (QED) is 0.512. The van der Waals surface area contributed by atoms with Crippen LogP contribution in [0.3, 0.4) is 0 Å². The average Bonchev–Trinajstić information content (AvgIpc) is 3.24. The summed E-state index contributed by atoms with van der Waals surface area (Å²) in [6.07, 6.45) is 1.66. The summed E-state index contributed by atoms with van der Waals surface area (Å²) in [6.45, 7) is 2.02. The number of nitrogens with one attached hydrogen (secondary N) is 1. The monoisotopic (exact) mass is 379 g/mol. The van der Waals surface area contributed by atoms with Crippen LogP contribution in [0, 0.1) is 18.3 Å². The van der Waals surface area contributed by atoms with E-state index in [1.807, 2.05) is 37.3 Å². The molecule has 5 heteroatoms. The molecule has 0 spiro atoms. The predicted molar refractivity (Wildman–Crippen MR) is 111 cm³/mol. The molecule has 0 unspecified atom stereocenters. The zero-order valence-corrected chi connectivity index (χ0v) is 15.7. The molecule has 0 aliphatic heterocycles. The topological polar surface area (TPSA) is 78.9 Å². The molecule has 1 aromatic heterocycles. The van der Waals surface area contributed by atoms with E-state index in [0.717, 1.165) is 11.1 Å². The van der Waals surface area contributed by atoms with Crippen molar-refractivity contribution in [1.82, 2.24) is 4.98 Å². The molecular formula is C24H17N3O2. The molecule has 140 valence electrons. The predicted octanol–water partition coefficient (Wildman–Crippen LogP) is 5.44. The molecule has 1 N–H and O–H groups in total. The van der Waals surface area contributed by atoms with Crippen molar-refractivity contribution in [3.8, 4) is 28.8 Å². The standard InChI is InChI=1S/C24H17N3O2/c1-16-9-11-18(12-10-16)22-15-26-24(29-22)21-8-3-2-7-20(21)23(28)27-19-6-4-5-17(13-19)14-25/h2-13,15H,1H3,(H,27,28). The molecule has 29 heavy (non-hydrogen) atoms. The first kappa shape index (κ1) is 18.2. The summed E-state index contributed by atoms with van der Waals surface area (Å²) in [5.74, 6) is 0.708. The maximum atomic E-state index is 12.9. The van der Waals surface area contributed by atoms with E-state index in [0.29, 0.717) is 34.0 Å². The van der Waals surface area contributed by atoms with E-state index in [1.54, 1.807) is 48.7 Å². The summed E-state index contributed by atoms with van der Waals surface area (Å²) in [7, 11) is 0. The number of hydrogen-bond acceptors (Lipinski definition) is 4. The van der Waals surface area contributed by atoms with Gasteiger partial charge in [0.15, 0.2) is 5.76 Å². The molecule has 0 atom stereocenters. The Balaban J connectivity index is 1.64. The summed E-state index contributed by atoms with van der Waals surface area (Å²) in [6, 6.07) is 23.9. The smallest absolute Gasteiger partial charge is 0.256 e. The number of carbonyl (C=O) groups excluding carboxylic acids is 1.